The molecule has 2 aromatic heterocycles. The summed E-state index contributed by atoms with van der Waals surface area (Å²) in [5.41, 5.74) is -0.662. The van der Waals surface area contributed by atoms with Gasteiger partial charge in [0.25, 0.3) is 0 Å². The summed E-state index contributed by atoms with van der Waals surface area (Å²) < 4.78 is 0. The molecule has 0 saturated carbocycles. The summed E-state index contributed by atoms with van der Waals surface area (Å²) in [5, 5.41) is 35.2. The van der Waals surface area contributed by atoms with Crippen molar-refractivity contribution in [3.05, 3.63) is 32.6 Å². The second-order valence-corrected chi connectivity index (χ2v) is 2.88. The van der Waals surface area contributed by atoms with E-state index in [1.54, 1.807) is 0 Å². The molecule has 11 nitrogen and oxygen atoms in total. The number of anilines is 2. The van der Waals surface area contributed by atoms with Crippen LogP contribution < -0.4 is 5.32 Å². The Morgan fingerprint density at radius 2 is 1.41 bits per heavy atom. The van der Waals surface area contributed by atoms with Crippen molar-refractivity contribution in [1.29, 1.82) is 0 Å². The quantitative estimate of drug-likeness (QED) is 0.523. The number of nitrogens with zero attached hydrogens (tertiary/aromatic N) is 4. The van der Waals surface area contributed by atoms with Gasteiger partial charge in [-0.3, -0.25) is 30.4 Å². The fourth-order valence-corrected chi connectivity index (χ4v) is 1.14. The third-order valence-electron chi connectivity index (χ3n) is 1.87. The Bertz CT molecular complexity index is 522. The Morgan fingerprint density at radius 1 is 1.00 bits per heavy atom. The van der Waals surface area contributed by atoms with E-state index in [0.717, 1.165) is 12.4 Å². The zero-order chi connectivity index (χ0) is 12.4. The van der Waals surface area contributed by atoms with Gasteiger partial charge in [0.15, 0.2) is 0 Å². The van der Waals surface area contributed by atoms with Gasteiger partial charge in [-0.25, -0.2) is 0 Å². The first kappa shape index (κ1) is 10.5. The van der Waals surface area contributed by atoms with Gasteiger partial charge in [-0.1, -0.05) is 0 Å². The van der Waals surface area contributed by atoms with Crippen molar-refractivity contribution in [3.8, 4) is 0 Å². The molecule has 88 valence electrons. The van der Waals surface area contributed by atoms with Crippen LogP contribution >= 0.6 is 0 Å². The minimum Gasteiger partial charge on any atom is -0.310 e. The van der Waals surface area contributed by atoms with Crippen molar-refractivity contribution >= 4 is 23.0 Å². The summed E-state index contributed by atoms with van der Waals surface area (Å²) in [6, 6.07) is 0. The molecule has 17 heavy (non-hydrogen) atoms. The van der Waals surface area contributed by atoms with Crippen molar-refractivity contribution in [3.63, 3.8) is 0 Å². The molecule has 0 aliphatic carbocycles. The van der Waals surface area contributed by atoms with Crippen LogP contribution in [0, 0.1) is 20.2 Å². The van der Waals surface area contributed by atoms with E-state index in [1.807, 2.05) is 0 Å². The smallest absolute Gasteiger partial charge is 0.310 e. The predicted octanol–water partition coefficient (Wildman–Crippen LogP) is 0.693. The van der Waals surface area contributed by atoms with Crippen LogP contribution in [0.2, 0.25) is 0 Å². The number of nitrogens with one attached hydrogen (secondary N) is 3. The van der Waals surface area contributed by atoms with Crippen molar-refractivity contribution in [2.24, 2.45) is 0 Å². The molecule has 0 unspecified atom stereocenters. The largest absolute Gasteiger partial charge is 0.330 e. The SMILES string of the molecule is O=[N+]([O-])c1c[nH]nc1Nc1n[nH]cc1[N+](=O)[O-]. The molecular weight excluding hydrogens is 234 g/mol. The summed E-state index contributed by atoms with van der Waals surface area (Å²) in [5.74, 6) is -0.296. The fourth-order valence-electron chi connectivity index (χ4n) is 1.14. The number of aromatic nitrogens is 4. The third-order valence-corrected chi connectivity index (χ3v) is 1.87. The van der Waals surface area contributed by atoms with E-state index in [4.69, 9.17) is 0 Å². The Hall–Kier alpha value is -2.98. The van der Waals surface area contributed by atoms with Crippen LogP contribution in [0.1, 0.15) is 0 Å². The molecule has 3 N–H and O–H groups in total. The highest BCUT2D eigenvalue weighted by Gasteiger charge is 2.22. The van der Waals surface area contributed by atoms with Crippen LogP contribution in [-0.4, -0.2) is 30.2 Å². The number of nitro groups is 2. The number of H-pyrrole nitrogens is 2. The molecule has 2 rings (SSSR count). The highest BCUT2D eigenvalue weighted by Crippen LogP contribution is 2.28. The molecule has 0 bridgehead atoms. The molecule has 0 radical (unpaired) electrons. The average Bonchev–Trinajstić information content (AvgIpc) is 2.86. The van der Waals surface area contributed by atoms with Gasteiger partial charge in [0, 0.05) is 0 Å². The molecule has 0 atom stereocenters. The first-order chi connectivity index (χ1) is 8.09. The van der Waals surface area contributed by atoms with E-state index in [1.165, 1.54) is 0 Å². The second-order valence-electron chi connectivity index (χ2n) is 2.88. The lowest BCUT2D eigenvalue weighted by Gasteiger charge is -1.96. The van der Waals surface area contributed by atoms with Gasteiger partial charge in [0.05, 0.1) is 9.85 Å². The fraction of sp³-hybridized carbons (Fsp3) is 0. The number of hydrogen-bond donors (Lipinski definition) is 3. The second kappa shape index (κ2) is 3.88. The summed E-state index contributed by atoms with van der Waals surface area (Å²) in [4.78, 5) is 19.8. The maximum atomic E-state index is 10.6. The Labute approximate surface area is 92.1 Å². The van der Waals surface area contributed by atoms with Crippen molar-refractivity contribution in [2.75, 3.05) is 5.32 Å². The Balaban J connectivity index is 2.32. The van der Waals surface area contributed by atoms with Gasteiger partial charge in [0.2, 0.25) is 11.6 Å². The van der Waals surface area contributed by atoms with E-state index in [9.17, 15) is 20.2 Å². The van der Waals surface area contributed by atoms with E-state index in [2.05, 4.69) is 25.7 Å². The van der Waals surface area contributed by atoms with Gasteiger partial charge in [-0.15, -0.1) is 10.2 Å². The first-order valence-corrected chi connectivity index (χ1v) is 4.23. The molecule has 0 amide bonds. The summed E-state index contributed by atoms with van der Waals surface area (Å²) in [6.07, 6.45) is 2.11. The average molecular weight is 239 g/mol. The zero-order valence-corrected chi connectivity index (χ0v) is 8.08. The molecule has 0 aromatic carbocycles. The van der Waals surface area contributed by atoms with Crippen molar-refractivity contribution < 1.29 is 9.85 Å². The van der Waals surface area contributed by atoms with E-state index in [0.29, 0.717) is 0 Å². The van der Waals surface area contributed by atoms with Crippen LogP contribution in [-0.2, 0) is 0 Å². The molecule has 2 aromatic rings. The number of aromatic amines is 2. The van der Waals surface area contributed by atoms with Crippen molar-refractivity contribution in [2.45, 2.75) is 0 Å². The van der Waals surface area contributed by atoms with Crippen LogP contribution in [0.4, 0.5) is 23.0 Å². The lowest BCUT2D eigenvalue weighted by atomic mass is 10.4. The maximum Gasteiger partial charge on any atom is 0.330 e. The molecule has 0 saturated heterocycles. The summed E-state index contributed by atoms with van der Waals surface area (Å²) in [7, 11) is 0. The minimum atomic E-state index is -0.676. The lowest BCUT2D eigenvalue weighted by molar-refractivity contribution is -0.384. The van der Waals surface area contributed by atoms with Crippen molar-refractivity contribution in [1.82, 2.24) is 20.4 Å². The van der Waals surface area contributed by atoms with Gasteiger partial charge in [-0.05, 0) is 0 Å². The molecule has 0 aliphatic rings. The Kier molecular flexibility index (Phi) is 2.40. The highest BCUT2D eigenvalue weighted by molar-refractivity contribution is 5.68. The molecule has 11 heteroatoms. The highest BCUT2D eigenvalue weighted by atomic mass is 16.6. The van der Waals surface area contributed by atoms with E-state index >= 15 is 0 Å². The number of rotatable bonds is 4. The minimum absolute atomic E-state index is 0.148. The molecule has 0 aliphatic heterocycles. The van der Waals surface area contributed by atoms with Crippen LogP contribution in [0.25, 0.3) is 0 Å². The predicted molar refractivity (Wildman–Crippen MR) is 53.8 cm³/mol. The standard InChI is InChI=1S/C6H5N7O4/c14-12(15)3-1-7-10-5(3)9-6-4(13(16)17)2-8-11-6/h1-2H,(H3,7,8,9,10,11). The zero-order valence-electron chi connectivity index (χ0n) is 8.08. The lowest BCUT2D eigenvalue weighted by Crippen LogP contribution is -1.98. The molecule has 0 fully saturated rings. The summed E-state index contributed by atoms with van der Waals surface area (Å²) in [6.45, 7) is 0. The molecular formula is C6H5N7O4. The van der Waals surface area contributed by atoms with Crippen LogP contribution in [0.3, 0.4) is 0 Å². The maximum absolute atomic E-state index is 10.6. The van der Waals surface area contributed by atoms with Gasteiger partial charge < -0.3 is 5.32 Å². The topological polar surface area (TPSA) is 156 Å². The van der Waals surface area contributed by atoms with Crippen LogP contribution in [0.15, 0.2) is 12.4 Å². The first-order valence-electron chi connectivity index (χ1n) is 4.23. The molecule has 0 spiro atoms. The Morgan fingerprint density at radius 3 is 1.76 bits per heavy atom. The van der Waals surface area contributed by atoms with Crippen LogP contribution in [0.5, 0.6) is 0 Å². The van der Waals surface area contributed by atoms with E-state index < -0.39 is 9.85 Å². The van der Waals surface area contributed by atoms with E-state index in [-0.39, 0.29) is 23.0 Å². The van der Waals surface area contributed by atoms with Gasteiger partial charge >= 0.3 is 11.4 Å². The van der Waals surface area contributed by atoms with Gasteiger partial charge in [0.1, 0.15) is 12.4 Å². The number of hydrogen-bond acceptors (Lipinski definition) is 7. The van der Waals surface area contributed by atoms with Gasteiger partial charge in [-0.2, -0.15) is 0 Å². The molecule has 2 heterocycles. The monoisotopic (exact) mass is 239 g/mol. The third kappa shape index (κ3) is 1.88. The normalized spacial score (nSPS) is 10.1. The summed E-state index contributed by atoms with van der Waals surface area (Å²) >= 11 is 0.